The molecule has 2 unspecified atom stereocenters. The van der Waals surface area contributed by atoms with Gasteiger partial charge in [0.15, 0.2) is 0 Å². The van der Waals surface area contributed by atoms with Crippen molar-refractivity contribution >= 4 is 12.1 Å². The van der Waals surface area contributed by atoms with Crippen LogP contribution in [0.3, 0.4) is 0 Å². The van der Waals surface area contributed by atoms with Crippen molar-refractivity contribution in [2.45, 2.75) is 57.8 Å². The summed E-state index contributed by atoms with van der Waals surface area (Å²) in [6, 6.07) is 0. The lowest BCUT2D eigenvalue weighted by Gasteiger charge is -2.32. The number of hydrogen-bond donors (Lipinski definition) is 2. The Morgan fingerprint density at radius 3 is 2.50 bits per heavy atom. The number of ether oxygens (including phenoxy) is 2. The first kappa shape index (κ1) is 14.8. The zero-order chi connectivity index (χ0) is 14.0. The Hall–Kier alpha value is -1.30. The summed E-state index contributed by atoms with van der Waals surface area (Å²) in [4.78, 5) is 22.7. The van der Waals surface area contributed by atoms with E-state index in [1.165, 1.54) is 0 Å². The SMILES string of the molecule is CC1OCCC1(CC(=O)O)NC(=O)OC(C)(C)C. The quantitative estimate of drug-likeness (QED) is 0.803. The van der Waals surface area contributed by atoms with E-state index in [1.54, 1.807) is 27.7 Å². The van der Waals surface area contributed by atoms with Crippen LogP contribution in [0.5, 0.6) is 0 Å². The molecule has 104 valence electrons. The Morgan fingerprint density at radius 2 is 2.11 bits per heavy atom. The Labute approximate surface area is 107 Å². The Bertz CT molecular complexity index is 336. The second-order valence-corrected chi connectivity index (χ2v) is 5.62. The molecule has 6 nitrogen and oxygen atoms in total. The minimum Gasteiger partial charge on any atom is -0.481 e. The van der Waals surface area contributed by atoms with Gasteiger partial charge in [-0.25, -0.2) is 4.79 Å². The van der Waals surface area contributed by atoms with Crippen LogP contribution >= 0.6 is 0 Å². The van der Waals surface area contributed by atoms with Crippen LogP contribution in [0.2, 0.25) is 0 Å². The number of aliphatic carboxylic acids is 1. The van der Waals surface area contributed by atoms with Gasteiger partial charge < -0.3 is 19.9 Å². The van der Waals surface area contributed by atoms with Gasteiger partial charge >= 0.3 is 12.1 Å². The molecule has 2 N–H and O–H groups in total. The predicted molar refractivity (Wildman–Crippen MR) is 64.4 cm³/mol. The molecule has 0 aromatic heterocycles. The zero-order valence-corrected chi connectivity index (χ0v) is 11.3. The Morgan fingerprint density at radius 1 is 1.50 bits per heavy atom. The first-order valence-electron chi connectivity index (χ1n) is 5.99. The Kier molecular flexibility index (Phi) is 4.21. The van der Waals surface area contributed by atoms with Gasteiger partial charge in [-0.15, -0.1) is 0 Å². The van der Waals surface area contributed by atoms with E-state index in [0.717, 1.165) is 0 Å². The average molecular weight is 259 g/mol. The molecule has 1 saturated heterocycles. The van der Waals surface area contributed by atoms with Crippen LogP contribution in [-0.4, -0.2) is 41.0 Å². The molecule has 1 heterocycles. The van der Waals surface area contributed by atoms with E-state index in [2.05, 4.69) is 5.32 Å². The molecule has 0 aromatic carbocycles. The molecule has 0 radical (unpaired) electrons. The highest BCUT2D eigenvalue weighted by Gasteiger charge is 2.45. The minimum absolute atomic E-state index is 0.173. The maximum atomic E-state index is 11.8. The summed E-state index contributed by atoms with van der Waals surface area (Å²) in [5, 5.41) is 11.6. The molecule has 1 amide bonds. The largest absolute Gasteiger partial charge is 0.481 e. The zero-order valence-electron chi connectivity index (χ0n) is 11.3. The average Bonchev–Trinajstić information content (AvgIpc) is 2.42. The maximum Gasteiger partial charge on any atom is 0.408 e. The number of nitrogens with one attached hydrogen (secondary N) is 1. The molecule has 2 atom stereocenters. The van der Waals surface area contributed by atoms with E-state index in [1.807, 2.05) is 0 Å². The highest BCUT2D eigenvalue weighted by Crippen LogP contribution is 2.29. The molecular formula is C12H21NO5. The number of hydrogen-bond acceptors (Lipinski definition) is 4. The second kappa shape index (κ2) is 5.14. The van der Waals surface area contributed by atoms with E-state index >= 15 is 0 Å². The smallest absolute Gasteiger partial charge is 0.408 e. The first-order chi connectivity index (χ1) is 8.15. The monoisotopic (exact) mass is 259 g/mol. The van der Waals surface area contributed by atoms with Gasteiger partial charge in [0.2, 0.25) is 0 Å². The lowest BCUT2D eigenvalue weighted by molar-refractivity contribution is -0.139. The summed E-state index contributed by atoms with van der Waals surface area (Å²) in [5.74, 6) is -0.969. The second-order valence-electron chi connectivity index (χ2n) is 5.62. The summed E-state index contributed by atoms with van der Waals surface area (Å²) in [6.07, 6.45) is -0.658. The number of carbonyl (C=O) groups excluding carboxylic acids is 1. The van der Waals surface area contributed by atoms with Crippen molar-refractivity contribution in [3.05, 3.63) is 0 Å². The molecule has 18 heavy (non-hydrogen) atoms. The fraction of sp³-hybridized carbons (Fsp3) is 0.833. The fourth-order valence-corrected chi connectivity index (χ4v) is 2.00. The van der Waals surface area contributed by atoms with E-state index in [4.69, 9.17) is 14.6 Å². The van der Waals surface area contributed by atoms with Crippen molar-refractivity contribution in [1.82, 2.24) is 5.32 Å². The third-order valence-electron chi connectivity index (χ3n) is 2.91. The van der Waals surface area contributed by atoms with Crippen molar-refractivity contribution in [2.75, 3.05) is 6.61 Å². The molecular weight excluding hydrogens is 238 g/mol. The van der Waals surface area contributed by atoms with Crippen LogP contribution in [0.4, 0.5) is 4.79 Å². The highest BCUT2D eigenvalue weighted by molar-refractivity contribution is 5.73. The van der Waals surface area contributed by atoms with Crippen LogP contribution in [0.1, 0.15) is 40.5 Å². The van der Waals surface area contributed by atoms with Gasteiger partial charge in [0, 0.05) is 6.61 Å². The van der Waals surface area contributed by atoms with Crippen molar-refractivity contribution in [3.63, 3.8) is 0 Å². The van der Waals surface area contributed by atoms with Gasteiger partial charge in [0.1, 0.15) is 5.60 Å². The van der Waals surface area contributed by atoms with Crippen molar-refractivity contribution in [2.24, 2.45) is 0 Å². The summed E-state index contributed by atoms with van der Waals surface area (Å²) in [7, 11) is 0. The number of carboxylic acid groups (broad SMARTS) is 1. The third-order valence-corrected chi connectivity index (χ3v) is 2.91. The van der Waals surface area contributed by atoms with Gasteiger partial charge in [-0.3, -0.25) is 4.79 Å². The first-order valence-corrected chi connectivity index (χ1v) is 5.99. The molecule has 0 aromatic rings. The number of carbonyl (C=O) groups is 2. The number of amides is 1. The van der Waals surface area contributed by atoms with Crippen LogP contribution in [0.15, 0.2) is 0 Å². The van der Waals surface area contributed by atoms with Gasteiger partial charge in [-0.05, 0) is 34.1 Å². The Balaban J connectivity index is 2.74. The summed E-state index contributed by atoms with van der Waals surface area (Å²) < 4.78 is 10.5. The lowest BCUT2D eigenvalue weighted by atomic mass is 9.88. The van der Waals surface area contributed by atoms with Crippen LogP contribution < -0.4 is 5.32 Å². The number of alkyl carbamates (subject to hydrolysis) is 1. The van der Waals surface area contributed by atoms with E-state index in [9.17, 15) is 9.59 Å². The van der Waals surface area contributed by atoms with Gasteiger partial charge in [-0.1, -0.05) is 0 Å². The topological polar surface area (TPSA) is 84.9 Å². The molecule has 0 saturated carbocycles. The van der Waals surface area contributed by atoms with Crippen LogP contribution in [0.25, 0.3) is 0 Å². The third kappa shape index (κ3) is 3.87. The summed E-state index contributed by atoms with van der Waals surface area (Å²) >= 11 is 0. The number of rotatable bonds is 3. The minimum atomic E-state index is -0.969. The molecule has 6 heteroatoms. The summed E-state index contributed by atoms with van der Waals surface area (Å²) in [6.45, 7) is 7.46. The van der Waals surface area contributed by atoms with Crippen LogP contribution in [-0.2, 0) is 14.3 Å². The molecule has 0 bridgehead atoms. The molecule has 1 aliphatic heterocycles. The molecule has 0 spiro atoms. The van der Waals surface area contributed by atoms with E-state index < -0.39 is 23.2 Å². The van der Waals surface area contributed by atoms with E-state index in [-0.39, 0.29) is 12.5 Å². The van der Waals surface area contributed by atoms with Gasteiger partial charge in [-0.2, -0.15) is 0 Å². The van der Waals surface area contributed by atoms with E-state index in [0.29, 0.717) is 13.0 Å². The standard InChI is InChI=1S/C12H21NO5/c1-8-12(5-6-17-8,7-9(14)15)13-10(16)18-11(2,3)4/h8H,5-7H2,1-4H3,(H,13,16)(H,14,15). The lowest BCUT2D eigenvalue weighted by Crippen LogP contribution is -2.55. The molecule has 1 fully saturated rings. The normalized spacial score (nSPS) is 27.9. The van der Waals surface area contributed by atoms with Crippen molar-refractivity contribution in [1.29, 1.82) is 0 Å². The predicted octanol–water partition coefficient (Wildman–Crippen LogP) is 1.53. The van der Waals surface area contributed by atoms with Gasteiger partial charge in [0.25, 0.3) is 0 Å². The molecule has 1 rings (SSSR count). The molecule has 0 aliphatic carbocycles. The van der Waals surface area contributed by atoms with Crippen molar-refractivity contribution < 1.29 is 24.2 Å². The van der Waals surface area contributed by atoms with Crippen LogP contribution in [0, 0.1) is 0 Å². The maximum absolute atomic E-state index is 11.8. The molecule has 1 aliphatic rings. The number of carboxylic acids is 1. The highest BCUT2D eigenvalue weighted by atomic mass is 16.6. The summed E-state index contributed by atoms with van der Waals surface area (Å²) in [5.41, 5.74) is -1.49. The van der Waals surface area contributed by atoms with Gasteiger partial charge in [0.05, 0.1) is 18.1 Å². The fourth-order valence-electron chi connectivity index (χ4n) is 2.00. The van der Waals surface area contributed by atoms with Crippen molar-refractivity contribution in [3.8, 4) is 0 Å².